The van der Waals surface area contributed by atoms with Gasteiger partial charge in [0.05, 0.1) is 0 Å². The molecule has 0 aromatic heterocycles. The SMILES string of the molecule is CC(C)C1CCOCC(C(C)C)C1. The first-order valence-electron chi connectivity index (χ1n) is 5.69. The Kier molecular flexibility index (Phi) is 4.24. The van der Waals surface area contributed by atoms with E-state index < -0.39 is 0 Å². The van der Waals surface area contributed by atoms with Gasteiger partial charge in [0.25, 0.3) is 0 Å². The summed E-state index contributed by atoms with van der Waals surface area (Å²) in [6, 6.07) is 0. The van der Waals surface area contributed by atoms with Crippen LogP contribution in [-0.4, -0.2) is 13.2 Å². The summed E-state index contributed by atoms with van der Waals surface area (Å²) in [5, 5.41) is 0. The molecule has 1 heteroatoms. The molecule has 0 aliphatic carbocycles. The highest BCUT2D eigenvalue weighted by Gasteiger charge is 2.24. The minimum absolute atomic E-state index is 0.777. The predicted octanol–water partition coefficient (Wildman–Crippen LogP) is 3.34. The molecule has 78 valence electrons. The summed E-state index contributed by atoms with van der Waals surface area (Å²) in [7, 11) is 0. The molecule has 0 aromatic carbocycles. The lowest BCUT2D eigenvalue weighted by Crippen LogP contribution is -2.18. The zero-order valence-electron chi connectivity index (χ0n) is 9.55. The lowest BCUT2D eigenvalue weighted by Gasteiger charge is -2.24. The van der Waals surface area contributed by atoms with E-state index in [2.05, 4.69) is 27.7 Å². The van der Waals surface area contributed by atoms with Gasteiger partial charge < -0.3 is 4.74 Å². The molecule has 0 radical (unpaired) electrons. The summed E-state index contributed by atoms with van der Waals surface area (Å²) in [6.45, 7) is 11.3. The van der Waals surface area contributed by atoms with Crippen molar-refractivity contribution in [3.63, 3.8) is 0 Å². The summed E-state index contributed by atoms with van der Waals surface area (Å²) >= 11 is 0. The van der Waals surface area contributed by atoms with E-state index >= 15 is 0 Å². The van der Waals surface area contributed by atoms with Crippen LogP contribution in [0.4, 0.5) is 0 Å². The van der Waals surface area contributed by atoms with Gasteiger partial charge in [0.1, 0.15) is 0 Å². The lowest BCUT2D eigenvalue weighted by molar-refractivity contribution is 0.0999. The molecule has 2 atom stereocenters. The molecular formula is C12H24O. The van der Waals surface area contributed by atoms with Gasteiger partial charge in [-0.3, -0.25) is 0 Å². The number of ether oxygens (including phenoxy) is 1. The summed E-state index contributed by atoms with van der Waals surface area (Å²) in [6.07, 6.45) is 2.64. The average Bonchev–Trinajstić information content (AvgIpc) is 2.28. The van der Waals surface area contributed by atoms with Gasteiger partial charge in [-0.15, -0.1) is 0 Å². The molecule has 1 fully saturated rings. The van der Waals surface area contributed by atoms with Crippen LogP contribution in [0.15, 0.2) is 0 Å². The average molecular weight is 184 g/mol. The summed E-state index contributed by atoms with van der Waals surface area (Å²) < 4.78 is 5.65. The van der Waals surface area contributed by atoms with Gasteiger partial charge in [0, 0.05) is 13.2 Å². The Labute approximate surface area is 82.9 Å². The monoisotopic (exact) mass is 184 g/mol. The highest BCUT2D eigenvalue weighted by Crippen LogP contribution is 2.30. The fourth-order valence-electron chi connectivity index (χ4n) is 2.11. The largest absolute Gasteiger partial charge is 0.381 e. The first kappa shape index (κ1) is 11.0. The second-order valence-electron chi connectivity index (χ2n) is 5.11. The Hall–Kier alpha value is -0.0400. The molecule has 0 amide bonds. The molecule has 0 saturated carbocycles. The Morgan fingerprint density at radius 1 is 1.00 bits per heavy atom. The second-order valence-corrected chi connectivity index (χ2v) is 5.11. The van der Waals surface area contributed by atoms with E-state index in [0.29, 0.717) is 0 Å². The van der Waals surface area contributed by atoms with Crippen molar-refractivity contribution in [2.45, 2.75) is 40.5 Å². The summed E-state index contributed by atoms with van der Waals surface area (Å²) in [4.78, 5) is 0. The van der Waals surface area contributed by atoms with Crippen molar-refractivity contribution in [3.8, 4) is 0 Å². The van der Waals surface area contributed by atoms with E-state index in [0.717, 1.165) is 36.9 Å². The maximum absolute atomic E-state index is 5.65. The molecule has 1 saturated heterocycles. The smallest absolute Gasteiger partial charge is 0.0496 e. The van der Waals surface area contributed by atoms with Crippen LogP contribution in [0.25, 0.3) is 0 Å². The zero-order chi connectivity index (χ0) is 9.84. The van der Waals surface area contributed by atoms with Crippen molar-refractivity contribution in [1.82, 2.24) is 0 Å². The van der Waals surface area contributed by atoms with E-state index in [1.165, 1.54) is 12.8 Å². The predicted molar refractivity (Wildman–Crippen MR) is 56.7 cm³/mol. The first-order valence-corrected chi connectivity index (χ1v) is 5.69. The molecule has 0 spiro atoms. The van der Waals surface area contributed by atoms with Gasteiger partial charge in [0.15, 0.2) is 0 Å². The van der Waals surface area contributed by atoms with E-state index in [9.17, 15) is 0 Å². The van der Waals surface area contributed by atoms with Crippen molar-refractivity contribution in [2.75, 3.05) is 13.2 Å². The molecule has 0 bridgehead atoms. The molecular weight excluding hydrogens is 160 g/mol. The number of hydrogen-bond acceptors (Lipinski definition) is 1. The van der Waals surface area contributed by atoms with Gasteiger partial charge in [-0.1, -0.05) is 27.7 Å². The van der Waals surface area contributed by atoms with Crippen molar-refractivity contribution in [1.29, 1.82) is 0 Å². The molecule has 0 N–H and O–H groups in total. The lowest BCUT2D eigenvalue weighted by atomic mass is 9.81. The van der Waals surface area contributed by atoms with Crippen molar-refractivity contribution < 1.29 is 4.74 Å². The molecule has 1 nitrogen and oxygen atoms in total. The van der Waals surface area contributed by atoms with Crippen molar-refractivity contribution in [2.24, 2.45) is 23.7 Å². The minimum Gasteiger partial charge on any atom is -0.381 e. The molecule has 1 aliphatic rings. The quantitative estimate of drug-likeness (QED) is 0.639. The van der Waals surface area contributed by atoms with Crippen LogP contribution in [0.5, 0.6) is 0 Å². The van der Waals surface area contributed by atoms with Crippen LogP contribution in [0.2, 0.25) is 0 Å². The second kappa shape index (κ2) is 4.99. The zero-order valence-corrected chi connectivity index (χ0v) is 9.55. The topological polar surface area (TPSA) is 9.23 Å². The molecule has 1 rings (SSSR count). The third kappa shape index (κ3) is 3.30. The van der Waals surface area contributed by atoms with Gasteiger partial charge in [0.2, 0.25) is 0 Å². The van der Waals surface area contributed by atoms with E-state index in [4.69, 9.17) is 4.74 Å². The van der Waals surface area contributed by atoms with Crippen LogP contribution in [-0.2, 0) is 4.74 Å². The van der Waals surface area contributed by atoms with Crippen LogP contribution in [0.1, 0.15) is 40.5 Å². The van der Waals surface area contributed by atoms with E-state index in [1.807, 2.05) is 0 Å². The fourth-order valence-corrected chi connectivity index (χ4v) is 2.11. The molecule has 1 aliphatic heterocycles. The third-order valence-electron chi connectivity index (χ3n) is 3.46. The molecule has 1 heterocycles. The van der Waals surface area contributed by atoms with Gasteiger partial charge >= 0.3 is 0 Å². The van der Waals surface area contributed by atoms with Crippen LogP contribution < -0.4 is 0 Å². The third-order valence-corrected chi connectivity index (χ3v) is 3.46. The molecule has 2 unspecified atom stereocenters. The first-order chi connectivity index (χ1) is 6.11. The normalized spacial score (nSPS) is 30.9. The van der Waals surface area contributed by atoms with Gasteiger partial charge in [-0.25, -0.2) is 0 Å². The Bertz CT molecular complexity index is 124. The highest BCUT2D eigenvalue weighted by atomic mass is 16.5. The Balaban J connectivity index is 2.49. The Morgan fingerprint density at radius 3 is 2.15 bits per heavy atom. The maximum atomic E-state index is 5.65. The fraction of sp³-hybridized carbons (Fsp3) is 1.00. The van der Waals surface area contributed by atoms with Crippen LogP contribution in [0, 0.1) is 23.7 Å². The molecule has 13 heavy (non-hydrogen) atoms. The number of rotatable bonds is 2. The van der Waals surface area contributed by atoms with E-state index in [1.54, 1.807) is 0 Å². The maximum Gasteiger partial charge on any atom is 0.0496 e. The molecule has 0 aromatic rings. The summed E-state index contributed by atoms with van der Waals surface area (Å²) in [5.41, 5.74) is 0. The van der Waals surface area contributed by atoms with Crippen LogP contribution >= 0.6 is 0 Å². The number of hydrogen-bond donors (Lipinski definition) is 0. The summed E-state index contributed by atoms with van der Waals surface area (Å²) in [5.74, 6) is 3.27. The van der Waals surface area contributed by atoms with Gasteiger partial charge in [-0.2, -0.15) is 0 Å². The van der Waals surface area contributed by atoms with Gasteiger partial charge in [-0.05, 0) is 36.5 Å². The standard InChI is InChI=1S/C12H24O/c1-9(2)11-5-6-13-8-12(7-11)10(3)4/h9-12H,5-8H2,1-4H3. The highest BCUT2D eigenvalue weighted by molar-refractivity contribution is 4.73. The minimum atomic E-state index is 0.777. The van der Waals surface area contributed by atoms with E-state index in [-0.39, 0.29) is 0 Å². The van der Waals surface area contributed by atoms with Crippen molar-refractivity contribution in [3.05, 3.63) is 0 Å². The van der Waals surface area contributed by atoms with Crippen molar-refractivity contribution >= 4 is 0 Å². The Morgan fingerprint density at radius 2 is 1.62 bits per heavy atom. The van der Waals surface area contributed by atoms with Crippen LogP contribution in [0.3, 0.4) is 0 Å².